The van der Waals surface area contributed by atoms with E-state index in [1.807, 2.05) is 0 Å². The van der Waals surface area contributed by atoms with E-state index >= 15 is 0 Å². The molecule has 0 saturated carbocycles. The van der Waals surface area contributed by atoms with Gasteiger partial charge < -0.3 is 5.32 Å². The first kappa shape index (κ1) is 11.5. The second-order valence-electron chi connectivity index (χ2n) is 5.05. The van der Waals surface area contributed by atoms with Crippen molar-refractivity contribution in [1.29, 1.82) is 0 Å². The van der Waals surface area contributed by atoms with Gasteiger partial charge in [0, 0.05) is 6.04 Å². The lowest BCUT2D eigenvalue weighted by Crippen LogP contribution is -2.13. The first-order valence-electron chi connectivity index (χ1n) is 6.74. The van der Waals surface area contributed by atoms with Gasteiger partial charge in [0.25, 0.3) is 0 Å². The van der Waals surface area contributed by atoms with Crippen LogP contribution in [0.15, 0.2) is 48.5 Å². The van der Waals surface area contributed by atoms with Crippen LogP contribution in [-0.4, -0.2) is 6.54 Å². The zero-order valence-corrected chi connectivity index (χ0v) is 10.8. The molecule has 0 bridgehead atoms. The van der Waals surface area contributed by atoms with Crippen molar-refractivity contribution >= 4 is 0 Å². The van der Waals surface area contributed by atoms with Crippen LogP contribution in [0.25, 0.3) is 11.1 Å². The summed E-state index contributed by atoms with van der Waals surface area (Å²) in [6.07, 6.45) is 2.54. The Morgan fingerprint density at radius 3 is 2.39 bits per heavy atom. The SMILES string of the molecule is Cc1ccccc1-c1ccccc1[C@@H]1CCCN1. The van der Waals surface area contributed by atoms with E-state index in [1.165, 1.54) is 35.1 Å². The highest BCUT2D eigenvalue weighted by Gasteiger charge is 2.19. The number of aryl methyl sites for hydroxylation is 1. The molecule has 18 heavy (non-hydrogen) atoms. The highest BCUT2D eigenvalue weighted by molar-refractivity contribution is 5.71. The van der Waals surface area contributed by atoms with Gasteiger partial charge in [-0.05, 0) is 48.6 Å². The van der Waals surface area contributed by atoms with Gasteiger partial charge in [-0.2, -0.15) is 0 Å². The zero-order valence-electron chi connectivity index (χ0n) is 10.8. The summed E-state index contributed by atoms with van der Waals surface area (Å²) < 4.78 is 0. The molecule has 0 amide bonds. The third kappa shape index (κ3) is 2.06. The fourth-order valence-electron chi connectivity index (χ4n) is 2.87. The van der Waals surface area contributed by atoms with E-state index in [1.54, 1.807) is 0 Å². The summed E-state index contributed by atoms with van der Waals surface area (Å²) in [7, 11) is 0. The first-order chi connectivity index (χ1) is 8.86. The van der Waals surface area contributed by atoms with E-state index in [4.69, 9.17) is 0 Å². The van der Waals surface area contributed by atoms with E-state index in [9.17, 15) is 0 Å². The van der Waals surface area contributed by atoms with Gasteiger partial charge in [-0.1, -0.05) is 48.5 Å². The molecule has 2 aromatic rings. The normalized spacial score (nSPS) is 19.1. The van der Waals surface area contributed by atoms with E-state index < -0.39 is 0 Å². The average molecular weight is 237 g/mol. The molecule has 1 heterocycles. The summed E-state index contributed by atoms with van der Waals surface area (Å²) in [6.45, 7) is 3.33. The summed E-state index contributed by atoms with van der Waals surface area (Å²) in [5.74, 6) is 0. The van der Waals surface area contributed by atoms with Gasteiger partial charge in [0.15, 0.2) is 0 Å². The van der Waals surface area contributed by atoms with Crippen LogP contribution in [-0.2, 0) is 0 Å². The minimum atomic E-state index is 0.529. The molecule has 1 saturated heterocycles. The molecule has 0 spiro atoms. The van der Waals surface area contributed by atoms with Crippen molar-refractivity contribution in [3.05, 3.63) is 59.7 Å². The Labute approximate surface area is 109 Å². The highest BCUT2D eigenvalue weighted by Crippen LogP contribution is 2.33. The van der Waals surface area contributed by atoms with Crippen molar-refractivity contribution in [3.8, 4) is 11.1 Å². The van der Waals surface area contributed by atoms with Crippen LogP contribution in [0.2, 0.25) is 0 Å². The molecule has 1 aliphatic rings. The minimum absolute atomic E-state index is 0.529. The third-order valence-electron chi connectivity index (χ3n) is 3.83. The third-order valence-corrected chi connectivity index (χ3v) is 3.83. The lowest BCUT2D eigenvalue weighted by molar-refractivity contribution is 0.649. The second kappa shape index (κ2) is 4.95. The second-order valence-corrected chi connectivity index (χ2v) is 5.05. The summed E-state index contributed by atoms with van der Waals surface area (Å²) in [5.41, 5.74) is 5.55. The van der Waals surface area contributed by atoms with Gasteiger partial charge in [-0.15, -0.1) is 0 Å². The van der Waals surface area contributed by atoms with Gasteiger partial charge in [-0.25, -0.2) is 0 Å². The molecule has 0 radical (unpaired) electrons. The van der Waals surface area contributed by atoms with Crippen LogP contribution in [0, 0.1) is 6.92 Å². The zero-order chi connectivity index (χ0) is 12.4. The summed E-state index contributed by atoms with van der Waals surface area (Å²) in [4.78, 5) is 0. The molecule has 1 atom stereocenters. The largest absolute Gasteiger partial charge is 0.310 e. The lowest BCUT2D eigenvalue weighted by atomic mass is 9.92. The number of hydrogen-bond acceptors (Lipinski definition) is 1. The highest BCUT2D eigenvalue weighted by atomic mass is 14.9. The molecular weight excluding hydrogens is 218 g/mol. The van der Waals surface area contributed by atoms with Gasteiger partial charge >= 0.3 is 0 Å². The summed E-state index contributed by atoms with van der Waals surface area (Å²) in [5, 5.41) is 3.60. The molecule has 0 aliphatic carbocycles. The smallest absolute Gasteiger partial charge is 0.0326 e. The average Bonchev–Trinajstić information content (AvgIpc) is 2.93. The van der Waals surface area contributed by atoms with Crippen molar-refractivity contribution in [3.63, 3.8) is 0 Å². The molecule has 1 heteroatoms. The molecule has 92 valence electrons. The maximum atomic E-state index is 3.60. The Kier molecular flexibility index (Phi) is 3.16. The number of nitrogens with one attached hydrogen (secondary N) is 1. The van der Waals surface area contributed by atoms with Crippen molar-refractivity contribution < 1.29 is 0 Å². The van der Waals surface area contributed by atoms with Gasteiger partial charge in [0.1, 0.15) is 0 Å². The Hall–Kier alpha value is -1.60. The Morgan fingerprint density at radius 2 is 1.67 bits per heavy atom. The van der Waals surface area contributed by atoms with E-state index in [0.717, 1.165) is 6.54 Å². The maximum Gasteiger partial charge on any atom is 0.0326 e. The molecule has 1 aliphatic heterocycles. The van der Waals surface area contributed by atoms with Crippen LogP contribution >= 0.6 is 0 Å². The fourth-order valence-corrected chi connectivity index (χ4v) is 2.87. The van der Waals surface area contributed by atoms with Crippen LogP contribution < -0.4 is 5.32 Å². The van der Waals surface area contributed by atoms with Gasteiger partial charge in [0.2, 0.25) is 0 Å². The maximum absolute atomic E-state index is 3.60. The van der Waals surface area contributed by atoms with E-state index in [2.05, 4.69) is 60.8 Å². The molecule has 1 nitrogen and oxygen atoms in total. The monoisotopic (exact) mass is 237 g/mol. The van der Waals surface area contributed by atoms with Gasteiger partial charge in [-0.3, -0.25) is 0 Å². The van der Waals surface area contributed by atoms with Crippen molar-refractivity contribution in [2.45, 2.75) is 25.8 Å². The molecule has 0 aromatic heterocycles. The molecule has 1 N–H and O–H groups in total. The molecule has 1 fully saturated rings. The predicted molar refractivity (Wildman–Crippen MR) is 76.6 cm³/mol. The van der Waals surface area contributed by atoms with Crippen molar-refractivity contribution in [1.82, 2.24) is 5.32 Å². The molecule has 2 aromatic carbocycles. The van der Waals surface area contributed by atoms with Crippen LogP contribution in [0.3, 0.4) is 0 Å². The Balaban J connectivity index is 2.09. The van der Waals surface area contributed by atoms with Crippen LogP contribution in [0.4, 0.5) is 0 Å². The standard InChI is InChI=1S/C17H19N/c1-13-7-2-3-8-14(13)15-9-4-5-10-16(15)17-11-6-12-18-17/h2-5,7-10,17-18H,6,11-12H2,1H3/t17-/m0/s1. The Morgan fingerprint density at radius 1 is 0.944 bits per heavy atom. The van der Waals surface area contributed by atoms with E-state index in [-0.39, 0.29) is 0 Å². The Bertz CT molecular complexity index is 539. The number of hydrogen-bond donors (Lipinski definition) is 1. The summed E-state index contributed by atoms with van der Waals surface area (Å²) in [6, 6.07) is 18.0. The quantitative estimate of drug-likeness (QED) is 0.829. The summed E-state index contributed by atoms with van der Waals surface area (Å²) >= 11 is 0. The number of rotatable bonds is 2. The topological polar surface area (TPSA) is 12.0 Å². The lowest BCUT2D eigenvalue weighted by Gasteiger charge is -2.17. The first-order valence-corrected chi connectivity index (χ1v) is 6.74. The van der Waals surface area contributed by atoms with Crippen LogP contribution in [0.5, 0.6) is 0 Å². The van der Waals surface area contributed by atoms with Crippen LogP contribution in [0.1, 0.15) is 30.0 Å². The van der Waals surface area contributed by atoms with Crippen molar-refractivity contribution in [2.24, 2.45) is 0 Å². The molecule has 3 rings (SSSR count). The van der Waals surface area contributed by atoms with Crippen molar-refractivity contribution in [2.75, 3.05) is 6.54 Å². The van der Waals surface area contributed by atoms with Gasteiger partial charge in [0.05, 0.1) is 0 Å². The predicted octanol–water partition coefficient (Wildman–Crippen LogP) is 4.09. The fraction of sp³-hybridized carbons (Fsp3) is 0.294. The molecular formula is C17H19N. The number of benzene rings is 2. The molecule has 0 unspecified atom stereocenters. The minimum Gasteiger partial charge on any atom is -0.310 e. The van der Waals surface area contributed by atoms with E-state index in [0.29, 0.717) is 6.04 Å².